The molecule has 28 heavy (non-hydrogen) atoms. The second kappa shape index (κ2) is 12.2. The molecule has 0 bridgehead atoms. The van der Waals surface area contributed by atoms with E-state index >= 15 is 0 Å². The van der Waals surface area contributed by atoms with Gasteiger partial charge in [0.2, 0.25) is 5.91 Å². The van der Waals surface area contributed by atoms with Crippen molar-refractivity contribution in [1.29, 1.82) is 0 Å². The van der Waals surface area contributed by atoms with E-state index in [1.54, 1.807) is 0 Å². The number of ether oxygens (including phenoxy) is 1. The average Bonchev–Trinajstić information content (AvgIpc) is 3.08. The molecule has 1 aliphatic heterocycles. The van der Waals surface area contributed by atoms with Crippen molar-refractivity contribution in [2.24, 2.45) is 4.99 Å². The zero-order valence-electron chi connectivity index (χ0n) is 17.5. The summed E-state index contributed by atoms with van der Waals surface area (Å²) in [5.41, 5.74) is 1.11. The molecule has 2 rings (SSSR count). The Labute approximate surface area is 169 Å². The van der Waals surface area contributed by atoms with E-state index in [0.29, 0.717) is 19.6 Å². The molecule has 156 valence electrons. The summed E-state index contributed by atoms with van der Waals surface area (Å²) in [6.45, 7) is 7.53. The maximum atomic E-state index is 11.6. The van der Waals surface area contributed by atoms with E-state index in [0.717, 1.165) is 62.8 Å². The minimum Gasteiger partial charge on any atom is -0.492 e. The normalized spacial score (nSPS) is 14.6. The standard InChI is InChI=1S/C21H35N5O2/c1-4-22-21(23-11-7-13-26-12-6-10-20(26)27)24-17-18-8-5-9-19(16-18)28-15-14-25(2)3/h5,8-9,16H,4,6-7,10-15,17H2,1-3H3,(H2,22,23,24). The van der Waals surface area contributed by atoms with Gasteiger partial charge in [-0.1, -0.05) is 12.1 Å². The van der Waals surface area contributed by atoms with E-state index in [1.807, 2.05) is 37.2 Å². The van der Waals surface area contributed by atoms with Crippen LogP contribution in [0.5, 0.6) is 5.75 Å². The predicted molar refractivity (Wildman–Crippen MR) is 114 cm³/mol. The van der Waals surface area contributed by atoms with E-state index in [-0.39, 0.29) is 5.91 Å². The average molecular weight is 390 g/mol. The lowest BCUT2D eigenvalue weighted by Gasteiger charge is -2.16. The van der Waals surface area contributed by atoms with Crippen molar-refractivity contribution in [3.63, 3.8) is 0 Å². The summed E-state index contributed by atoms with van der Waals surface area (Å²) in [7, 11) is 4.07. The van der Waals surface area contributed by atoms with E-state index < -0.39 is 0 Å². The second-order valence-corrected chi connectivity index (χ2v) is 7.26. The smallest absolute Gasteiger partial charge is 0.222 e. The number of hydrogen-bond acceptors (Lipinski definition) is 4. The molecule has 7 heteroatoms. The molecule has 1 heterocycles. The fourth-order valence-electron chi connectivity index (χ4n) is 3.01. The Morgan fingerprint density at radius 1 is 1.32 bits per heavy atom. The first-order chi connectivity index (χ1) is 13.6. The molecule has 7 nitrogen and oxygen atoms in total. The molecule has 1 aromatic rings. The third kappa shape index (κ3) is 8.17. The minimum atomic E-state index is 0.285. The van der Waals surface area contributed by atoms with Crippen LogP contribution in [0, 0.1) is 0 Å². The quantitative estimate of drug-likeness (QED) is 0.342. The Balaban J connectivity index is 1.78. The van der Waals surface area contributed by atoms with E-state index in [1.165, 1.54) is 0 Å². The number of benzene rings is 1. The van der Waals surface area contributed by atoms with Crippen LogP contribution in [-0.2, 0) is 11.3 Å². The van der Waals surface area contributed by atoms with Gasteiger partial charge < -0.3 is 25.2 Å². The zero-order chi connectivity index (χ0) is 20.2. The van der Waals surface area contributed by atoms with Crippen molar-refractivity contribution in [1.82, 2.24) is 20.4 Å². The molecule has 0 radical (unpaired) electrons. The first-order valence-corrected chi connectivity index (χ1v) is 10.2. The van der Waals surface area contributed by atoms with Gasteiger partial charge in [0.15, 0.2) is 5.96 Å². The highest BCUT2D eigenvalue weighted by molar-refractivity contribution is 5.79. The highest BCUT2D eigenvalue weighted by atomic mass is 16.5. The van der Waals surface area contributed by atoms with Crippen LogP contribution in [0.2, 0.25) is 0 Å². The monoisotopic (exact) mass is 389 g/mol. The van der Waals surface area contributed by atoms with Crippen LogP contribution in [0.15, 0.2) is 29.3 Å². The number of hydrogen-bond donors (Lipinski definition) is 2. The summed E-state index contributed by atoms with van der Waals surface area (Å²) in [6, 6.07) is 8.09. The Hall–Kier alpha value is -2.28. The van der Waals surface area contributed by atoms with Crippen molar-refractivity contribution in [3.8, 4) is 5.75 Å². The van der Waals surface area contributed by atoms with Gasteiger partial charge >= 0.3 is 0 Å². The van der Waals surface area contributed by atoms with Gasteiger partial charge in [-0.3, -0.25) is 4.79 Å². The Morgan fingerprint density at radius 3 is 2.89 bits per heavy atom. The number of rotatable bonds is 11. The van der Waals surface area contributed by atoms with Crippen LogP contribution in [0.1, 0.15) is 31.7 Å². The van der Waals surface area contributed by atoms with Crippen molar-refractivity contribution >= 4 is 11.9 Å². The van der Waals surface area contributed by atoms with E-state index in [4.69, 9.17) is 4.74 Å². The molecule has 1 fully saturated rings. The Bertz CT molecular complexity index is 633. The van der Waals surface area contributed by atoms with Gasteiger partial charge in [-0.05, 0) is 51.6 Å². The SMILES string of the molecule is CCNC(=NCc1cccc(OCCN(C)C)c1)NCCCN1CCCC1=O. The molecule has 0 unspecified atom stereocenters. The first-order valence-electron chi connectivity index (χ1n) is 10.2. The van der Waals surface area contributed by atoms with E-state index in [9.17, 15) is 4.79 Å². The lowest BCUT2D eigenvalue weighted by Crippen LogP contribution is -2.39. The predicted octanol–water partition coefficient (Wildman–Crippen LogP) is 1.69. The number of likely N-dealkylation sites (tertiary alicyclic amines) is 1. The van der Waals surface area contributed by atoms with Crippen molar-refractivity contribution in [3.05, 3.63) is 29.8 Å². The van der Waals surface area contributed by atoms with Crippen molar-refractivity contribution < 1.29 is 9.53 Å². The number of carbonyl (C=O) groups excluding carboxylic acids is 1. The number of likely N-dealkylation sites (N-methyl/N-ethyl adjacent to an activating group) is 1. The molecular formula is C21H35N5O2. The van der Waals surface area contributed by atoms with E-state index in [2.05, 4.69) is 33.5 Å². The molecule has 1 saturated heterocycles. The van der Waals surface area contributed by atoms with Gasteiger partial charge in [-0.25, -0.2) is 4.99 Å². The number of carbonyl (C=O) groups is 1. The number of nitrogens with one attached hydrogen (secondary N) is 2. The molecular weight excluding hydrogens is 354 g/mol. The van der Waals surface area contributed by atoms with Crippen molar-refractivity contribution in [2.45, 2.75) is 32.7 Å². The third-order valence-electron chi connectivity index (χ3n) is 4.54. The van der Waals surface area contributed by atoms with Gasteiger partial charge in [0.05, 0.1) is 6.54 Å². The van der Waals surface area contributed by atoms with Crippen LogP contribution in [0.4, 0.5) is 0 Å². The molecule has 2 N–H and O–H groups in total. The number of amides is 1. The molecule has 0 spiro atoms. The zero-order valence-corrected chi connectivity index (χ0v) is 17.5. The van der Waals surface area contributed by atoms with Crippen LogP contribution >= 0.6 is 0 Å². The summed E-state index contributed by atoms with van der Waals surface area (Å²) >= 11 is 0. The lowest BCUT2D eigenvalue weighted by molar-refractivity contribution is -0.127. The van der Waals surface area contributed by atoms with Gasteiger partial charge in [-0.2, -0.15) is 0 Å². The molecule has 1 aliphatic rings. The molecule has 0 aliphatic carbocycles. The number of nitrogens with zero attached hydrogens (tertiary/aromatic N) is 3. The molecule has 1 amide bonds. The number of guanidine groups is 1. The summed E-state index contributed by atoms with van der Waals surface area (Å²) in [5, 5.41) is 6.63. The number of aliphatic imine (C=N–C) groups is 1. The van der Waals surface area contributed by atoms with Crippen molar-refractivity contribution in [2.75, 3.05) is 53.4 Å². The minimum absolute atomic E-state index is 0.285. The summed E-state index contributed by atoms with van der Waals surface area (Å²) in [4.78, 5) is 20.4. The summed E-state index contributed by atoms with van der Waals surface area (Å²) < 4.78 is 5.80. The highest BCUT2D eigenvalue weighted by Crippen LogP contribution is 2.14. The highest BCUT2D eigenvalue weighted by Gasteiger charge is 2.18. The third-order valence-corrected chi connectivity index (χ3v) is 4.54. The second-order valence-electron chi connectivity index (χ2n) is 7.26. The maximum absolute atomic E-state index is 11.6. The van der Waals surface area contributed by atoms with Gasteiger partial charge in [0, 0.05) is 39.1 Å². The van der Waals surface area contributed by atoms with Gasteiger partial charge in [-0.15, -0.1) is 0 Å². The Morgan fingerprint density at radius 2 is 2.18 bits per heavy atom. The molecule has 0 atom stereocenters. The lowest BCUT2D eigenvalue weighted by atomic mass is 10.2. The Kier molecular flexibility index (Phi) is 9.62. The van der Waals surface area contributed by atoms with Gasteiger partial charge in [0.25, 0.3) is 0 Å². The fourth-order valence-corrected chi connectivity index (χ4v) is 3.01. The van der Waals surface area contributed by atoms with Crippen LogP contribution in [0.3, 0.4) is 0 Å². The van der Waals surface area contributed by atoms with Gasteiger partial charge in [0.1, 0.15) is 12.4 Å². The fraction of sp³-hybridized carbons (Fsp3) is 0.619. The van der Waals surface area contributed by atoms with Crippen LogP contribution in [-0.4, -0.2) is 75.1 Å². The molecule has 0 aromatic heterocycles. The molecule has 1 aromatic carbocycles. The topological polar surface area (TPSA) is 69.2 Å². The van der Waals surface area contributed by atoms with Crippen LogP contribution in [0.25, 0.3) is 0 Å². The van der Waals surface area contributed by atoms with Crippen LogP contribution < -0.4 is 15.4 Å². The summed E-state index contributed by atoms with van der Waals surface area (Å²) in [5.74, 6) is 1.96. The first kappa shape index (κ1) is 22.0. The summed E-state index contributed by atoms with van der Waals surface area (Å²) in [6.07, 6.45) is 2.62. The maximum Gasteiger partial charge on any atom is 0.222 e. The largest absolute Gasteiger partial charge is 0.492 e. The molecule has 0 saturated carbocycles.